The first kappa shape index (κ1) is 23.5. The number of benzene rings is 2. The van der Waals surface area contributed by atoms with Crippen molar-refractivity contribution in [1.82, 2.24) is 0 Å². The van der Waals surface area contributed by atoms with Gasteiger partial charge in [-0.1, -0.05) is 66.7 Å². The molecule has 0 heterocycles. The third kappa shape index (κ3) is 7.26. The number of hydrogen-bond acceptors (Lipinski definition) is 3. The average Bonchev–Trinajstić information content (AvgIpc) is 2.56. The van der Waals surface area contributed by atoms with E-state index in [2.05, 4.69) is 46.9 Å². The van der Waals surface area contributed by atoms with Gasteiger partial charge < -0.3 is 15.5 Å². The van der Waals surface area contributed by atoms with Crippen molar-refractivity contribution >= 4 is 11.6 Å². The summed E-state index contributed by atoms with van der Waals surface area (Å²) in [4.78, 5) is 11.1. The average molecular weight is 386 g/mol. The Kier molecular flexibility index (Phi) is 8.10. The smallest absolute Gasteiger partial charge is 0.224 e. The van der Waals surface area contributed by atoms with Crippen LogP contribution < -0.4 is 5.32 Å². The second kappa shape index (κ2) is 9.63. The molecular formula is C24H35NO3. The molecule has 0 aliphatic heterocycles. The lowest BCUT2D eigenvalue weighted by molar-refractivity contribution is -0.116. The summed E-state index contributed by atoms with van der Waals surface area (Å²) in [6, 6.07) is 12.5. The number of anilines is 1. The molecule has 28 heavy (non-hydrogen) atoms. The van der Waals surface area contributed by atoms with Crippen LogP contribution in [0, 0.1) is 0 Å². The Labute approximate surface area is 169 Å². The van der Waals surface area contributed by atoms with E-state index in [0.717, 1.165) is 23.2 Å². The van der Waals surface area contributed by atoms with Crippen molar-refractivity contribution in [3.05, 3.63) is 53.6 Å². The van der Waals surface area contributed by atoms with E-state index in [1.165, 1.54) is 0 Å². The molecule has 2 rings (SSSR count). The number of amides is 1. The van der Waals surface area contributed by atoms with Crippen molar-refractivity contribution in [2.45, 2.75) is 72.1 Å². The molecule has 0 spiro atoms. The molecule has 3 N–H and O–H groups in total. The largest absolute Gasteiger partial charge is 0.508 e. The number of carbonyl (C=O) groups excluding carboxylic acids is 1. The minimum atomic E-state index is -0.00859. The highest BCUT2D eigenvalue weighted by Gasteiger charge is 2.24. The first-order valence-corrected chi connectivity index (χ1v) is 9.78. The predicted molar refractivity (Wildman–Crippen MR) is 117 cm³/mol. The monoisotopic (exact) mass is 385 g/mol. The summed E-state index contributed by atoms with van der Waals surface area (Å²) < 4.78 is 0. The van der Waals surface area contributed by atoms with Crippen LogP contribution in [0.15, 0.2) is 42.5 Å². The van der Waals surface area contributed by atoms with Gasteiger partial charge in [0, 0.05) is 12.1 Å². The van der Waals surface area contributed by atoms with Crippen LogP contribution in [0.5, 0.6) is 11.5 Å². The van der Waals surface area contributed by atoms with Gasteiger partial charge >= 0.3 is 0 Å². The molecule has 0 aliphatic carbocycles. The summed E-state index contributed by atoms with van der Waals surface area (Å²) in [5.74, 6) is 0.666. The zero-order valence-corrected chi connectivity index (χ0v) is 18.3. The van der Waals surface area contributed by atoms with E-state index in [0.29, 0.717) is 12.2 Å². The molecule has 0 fully saturated rings. The number of phenolic OH excluding ortho intramolecular Hbond substituents is 2. The number of rotatable bonds is 3. The topological polar surface area (TPSA) is 69.6 Å². The third-order valence-corrected chi connectivity index (χ3v) is 4.28. The van der Waals surface area contributed by atoms with E-state index < -0.39 is 0 Å². The molecule has 2 aromatic carbocycles. The first-order chi connectivity index (χ1) is 12.9. The van der Waals surface area contributed by atoms with Crippen LogP contribution in [-0.4, -0.2) is 16.1 Å². The van der Waals surface area contributed by atoms with Gasteiger partial charge in [0.05, 0.1) is 0 Å². The van der Waals surface area contributed by atoms with Crippen LogP contribution in [-0.2, 0) is 15.6 Å². The molecule has 0 aromatic heterocycles. The zero-order chi connectivity index (χ0) is 21.5. The van der Waals surface area contributed by atoms with E-state index in [4.69, 9.17) is 5.11 Å². The molecule has 154 valence electrons. The van der Waals surface area contributed by atoms with Gasteiger partial charge in [0.1, 0.15) is 11.5 Å². The molecule has 4 heteroatoms. The van der Waals surface area contributed by atoms with Crippen LogP contribution in [0.3, 0.4) is 0 Å². The Morgan fingerprint density at radius 1 is 0.857 bits per heavy atom. The fourth-order valence-electron chi connectivity index (χ4n) is 2.75. The fourth-order valence-corrected chi connectivity index (χ4v) is 2.75. The van der Waals surface area contributed by atoms with Gasteiger partial charge in [0.15, 0.2) is 0 Å². The number of phenols is 2. The van der Waals surface area contributed by atoms with Crippen LogP contribution >= 0.6 is 0 Å². The second-order valence-electron chi connectivity index (χ2n) is 9.05. The van der Waals surface area contributed by atoms with Gasteiger partial charge in [-0.05, 0) is 52.6 Å². The minimum absolute atomic E-state index is 0.00758. The third-order valence-electron chi connectivity index (χ3n) is 4.28. The van der Waals surface area contributed by atoms with Gasteiger partial charge in [-0.2, -0.15) is 0 Å². The lowest BCUT2D eigenvalue weighted by Crippen LogP contribution is -2.16. The number of nitrogens with one attached hydrogen (secondary N) is 1. The van der Waals surface area contributed by atoms with Crippen LogP contribution in [0.1, 0.15) is 72.4 Å². The molecule has 0 atom stereocenters. The SMILES string of the molecule is CC(C)(C)c1cccc(C(C)(C)C)c1O.CCCC(=O)Nc1ccc(O)cc1. The van der Waals surface area contributed by atoms with Crippen molar-refractivity contribution in [3.63, 3.8) is 0 Å². The Morgan fingerprint density at radius 2 is 1.32 bits per heavy atom. The number of carbonyl (C=O) groups is 1. The highest BCUT2D eigenvalue weighted by Crippen LogP contribution is 2.38. The minimum Gasteiger partial charge on any atom is -0.508 e. The molecule has 2 aromatic rings. The number of hydrogen-bond donors (Lipinski definition) is 3. The van der Waals surface area contributed by atoms with Gasteiger partial charge in [-0.3, -0.25) is 4.79 Å². The lowest BCUT2D eigenvalue weighted by atomic mass is 9.80. The van der Waals surface area contributed by atoms with Crippen LogP contribution in [0.2, 0.25) is 0 Å². The summed E-state index contributed by atoms with van der Waals surface area (Å²) in [7, 11) is 0. The molecule has 0 unspecified atom stereocenters. The van der Waals surface area contributed by atoms with E-state index in [9.17, 15) is 9.90 Å². The maximum absolute atomic E-state index is 11.1. The highest BCUT2D eigenvalue weighted by molar-refractivity contribution is 5.90. The number of aromatic hydroxyl groups is 2. The van der Waals surface area contributed by atoms with Gasteiger partial charge in [-0.15, -0.1) is 0 Å². The quantitative estimate of drug-likeness (QED) is 0.558. The Balaban J connectivity index is 0.000000283. The van der Waals surface area contributed by atoms with Crippen LogP contribution in [0.4, 0.5) is 5.69 Å². The summed E-state index contributed by atoms with van der Waals surface area (Å²) in [6.45, 7) is 14.7. The zero-order valence-electron chi connectivity index (χ0n) is 18.3. The lowest BCUT2D eigenvalue weighted by Gasteiger charge is -2.26. The van der Waals surface area contributed by atoms with Crippen molar-refractivity contribution in [2.24, 2.45) is 0 Å². The Bertz CT molecular complexity index is 734. The molecule has 0 bridgehead atoms. The summed E-state index contributed by atoms with van der Waals surface area (Å²) in [6.07, 6.45) is 1.37. The predicted octanol–water partition coefficient (Wildman–Crippen LogP) is 6.12. The van der Waals surface area contributed by atoms with Crippen molar-refractivity contribution in [1.29, 1.82) is 0 Å². The normalized spacial score (nSPS) is 11.4. The van der Waals surface area contributed by atoms with E-state index >= 15 is 0 Å². The summed E-state index contributed by atoms with van der Waals surface area (Å²) >= 11 is 0. The summed E-state index contributed by atoms with van der Waals surface area (Å²) in [5.41, 5.74) is 2.75. The van der Waals surface area contributed by atoms with E-state index in [1.807, 2.05) is 25.1 Å². The van der Waals surface area contributed by atoms with E-state index in [1.54, 1.807) is 24.3 Å². The first-order valence-electron chi connectivity index (χ1n) is 9.78. The standard InChI is InChI=1S/C14H22O.C10H13NO2/c1-13(2,3)10-8-7-9-11(12(10)15)14(4,5)6;1-2-3-10(13)11-8-4-6-9(12)7-5-8/h7-9,15H,1-6H3;4-7,12H,2-3H2,1H3,(H,11,13). The Morgan fingerprint density at radius 3 is 1.71 bits per heavy atom. The maximum atomic E-state index is 11.1. The number of para-hydroxylation sites is 1. The van der Waals surface area contributed by atoms with Crippen molar-refractivity contribution in [2.75, 3.05) is 5.32 Å². The molecule has 0 aliphatic rings. The van der Waals surface area contributed by atoms with E-state index in [-0.39, 0.29) is 22.5 Å². The maximum Gasteiger partial charge on any atom is 0.224 e. The second-order valence-corrected chi connectivity index (χ2v) is 9.05. The molecule has 0 saturated heterocycles. The fraction of sp³-hybridized carbons (Fsp3) is 0.458. The molecule has 4 nitrogen and oxygen atoms in total. The molecule has 0 radical (unpaired) electrons. The van der Waals surface area contributed by atoms with Gasteiger partial charge in [0.2, 0.25) is 5.91 Å². The van der Waals surface area contributed by atoms with Gasteiger partial charge in [0.25, 0.3) is 0 Å². The van der Waals surface area contributed by atoms with Crippen molar-refractivity contribution < 1.29 is 15.0 Å². The Hall–Kier alpha value is -2.49. The van der Waals surface area contributed by atoms with Gasteiger partial charge in [-0.25, -0.2) is 0 Å². The molecule has 0 saturated carbocycles. The highest BCUT2D eigenvalue weighted by atomic mass is 16.3. The van der Waals surface area contributed by atoms with Crippen LogP contribution in [0.25, 0.3) is 0 Å². The molecular weight excluding hydrogens is 350 g/mol. The van der Waals surface area contributed by atoms with Crippen molar-refractivity contribution in [3.8, 4) is 11.5 Å². The molecule has 1 amide bonds. The summed E-state index contributed by atoms with van der Waals surface area (Å²) in [5, 5.41) is 22.0.